The smallest absolute Gasteiger partial charge is 0.253 e. The Morgan fingerprint density at radius 1 is 1.25 bits per heavy atom. The lowest BCUT2D eigenvalue weighted by Gasteiger charge is -2.35. The fourth-order valence-electron chi connectivity index (χ4n) is 1.94. The van der Waals surface area contributed by atoms with E-state index in [-0.39, 0.29) is 24.8 Å². The summed E-state index contributed by atoms with van der Waals surface area (Å²) in [7, 11) is 0. The Bertz CT molecular complexity index is 361. The molecule has 0 amide bonds. The predicted molar refractivity (Wildman–Crippen MR) is 55.9 cm³/mol. The summed E-state index contributed by atoms with van der Waals surface area (Å²) in [4.78, 5) is 0. The molecule has 88 valence electrons. The zero-order valence-electron chi connectivity index (χ0n) is 9.01. The Kier molecular flexibility index (Phi) is 2.93. The molecule has 2 rings (SSSR count). The minimum atomic E-state index is -2.65. The molecule has 1 unspecified atom stereocenters. The molecular formula is C12H14F3N. The monoisotopic (exact) mass is 229 g/mol. The normalized spacial score (nSPS) is 29.0. The molecular weight excluding hydrogens is 215 g/mol. The van der Waals surface area contributed by atoms with Crippen LogP contribution in [-0.4, -0.2) is 12.5 Å². The van der Waals surface area contributed by atoms with Crippen LogP contribution in [0.3, 0.4) is 0 Å². The van der Waals surface area contributed by atoms with Crippen LogP contribution in [0.25, 0.3) is 0 Å². The summed E-state index contributed by atoms with van der Waals surface area (Å²) in [6, 6.07) is 5.32. The molecule has 1 nitrogen and oxygen atoms in total. The maximum Gasteiger partial charge on any atom is 0.253 e. The highest BCUT2D eigenvalue weighted by Crippen LogP contribution is 2.37. The Labute approximate surface area is 92.7 Å². The molecule has 1 saturated heterocycles. The molecule has 0 spiro atoms. The lowest BCUT2D eigenvalue weighted by atomic mass is 9.88. The molecule has 0 saturated carbocycles. The maximum atomic E-state index is 13.5. The van der Waals surface area contributed by atoms with E-state index in [1.807, 2.05) is 0 Å². The Morgan fingerprint density at radius 3 is 2.44 bits per heavy atom. The fraction of sp³-hybridized carbons (Fsp3) is 0.500. The number of rotatable bonds is 1. The molecule has 0 radical (unpaired) electrons. The van der Waals surface area contributed by atoms with Crippen molar-refractivity contribution in [2.45, 2.75) is 25.3 Å². The van der Waals surface area contributed by atoms with Gasteiger partial charge in [0.2, 0.25) is 0 Å². The SMILES string of the molecule is CC1CN[C@@H](c2ccc(F)cc2)CC1(F)F. The number of piperidine rings is 1. The highest BCUT2D eigenvalue weighted by Gasteiger charge is 2.42. The van der Waals surface area contributed by atoms with Crippen molar-refractivity contribution < 1.29 is 13.2 Å². The van der Waals surface area contributed by atoms with Crippen LogP contribution in [0, 0.1) is 11.7 Å². The van der Waals surface area contributed by atoms with Gasteiger partial charge in [0, 0.05) is 24.9 Å². The largest absolute Gasteiger partial charge is 0.309 e. The number of alkyl halides is 2. The average Bonchev–Trinajstić information content (AvgIpc) is 2.23. The summed E-state index contributed by atoms with van der Waals surface area (Å²) in [6.45, 7) is 1.82. The van der Waals surface area contributed by atoms with Crippen LogP contribution in [0.4, 0.5) is 13.2 Å². The molecule has 16 heavy (non-hydrogen) atoms. The van der Waals surface area contributed by atoms with Crippen molar-refractivity contribution in [3.63, 3.8) is 0 Å². The van der Waals surface area contributed by atoms with E-state index in [2.05, 4.69) is 5.32 Å². The Hall–Kier alpha value is -1.03. The van der Waals surface area contributed by atoms with Gasteiger partial charge in [0.05, 0.1) is 0 Å². The van der Waals surface area contributed by atoms with Crippen LogP contribution in [0.2, 0.25) is 0 Å². The molecule has 0 aliphatic carbocycles. The maximum absolute atomic E-state index is 13.5. The van der Waals surface area contributed by atoms with Gasteiger partial charge >= 0.3 is 0 Å². The summed E-state index contributed by atoms with van der Waals surface area (Å²) in [5.41, 5.74) is 0.716. The number of hydrogen-bond donors (Lipinski definition) is 1. The molecule has 0 aromatic heterocycles. The van der Waals surface area contributed by atoms with Crippen LogP contribution in [0.5, 0.6) is 0 Å². The van der Waals surface area contributed by atoms with Crippen LogP contribution in [0.15, 0.2) is 24.3 Å². The molecule has 2 atom stereocenters. The van der Waals surface area contributed by atoms with Crippen molar-refractivity contribution in [3.05, 3.63) is 35.6 Å². The molecule has 1 aromatic carbocycles. The number of hydrogen-bond acceptors (Lipinski definition) is 1. The summed E-state index contributed by atoms with van der Waals surface area (Å²) < 4.78 is 39.7. The second-order valence-corrected chi connectivity index (χ2v) is 4.38. The summed E-state index contributed by atoms with van der Waals surface area (Å²) in [5, 5.41) is 3.06. The summed E-state index contributed by atoms with van der Waals surface area (Å²) in [5.74, 6) is -3.64. The van der Waals surface area contributed by atoms with E-state index in [9.17, 15) is 13.2 Å². The first kappa shape index (κ1) is 11.5. The fourth-order valence-corrected chi connectivity index (χ4v) is 1.94. The van der Waals surface area contributed by atoms with Gasteiger partial charge in [-0.3, -0.25) is 0 Å². The number of halogens is 3. The van der Waals surface area contributed by atoms with E-state index in [4.69, 9.17) is 0 Å². The van der Waals surface area contributed by atoms with Crippen molar-refractivity contribution in [1.82, 2.24) is 5.32 Å². The van der Waals surface area contributed by atoms with Crippen molar-refractivity contribution in [3.8, 4) is 0 Å². The Morgan fingerprint density at radius 2 is 1.88 bits per heavy atom. The zero-order valence-corrected chi connectivity index (χ0v) is 9.01. The van der Waals surface area contributed by atoms with Crippen molar-refractivity contribution in [2.75, 3.05) is 6.54 Å². The third kappa shape index (κ3) is 2.21. The average molecular weight is 229 g/mol. The molecule has 1 fully saturated rings. The standard InChI is InChI=1S/C12H14F3N/c1-8-7-16-11(6-12(8,14)15)9-2-4-10(13)5-3-9/h2-5,8,11,16H,6-7H2,1H3/t8?,11-/m1/s1. The van der Waals surface area contributed by atoms with Crippen molar-refractivity contribution in [1.29, 1.82) is 0 Å². The van der Waals surface area contributed by atoms with Crippen LogP contribution >= 0.6 is 0 Å². The highest BCUT2D eigenvalue weighted by atomic mass is 19.3. The molecule has 4 heteroatoms. The van der Waals surface area contributed by atoms with Crippen LogP contribution in [-0.2, 0) is 0 Å². The van der Waals surface area contributed by atoms with Crippen LogP contribution < -0.4 is 5.32 Å². The quantitative estimate of drug-likeness (QED) is 0.780. The van der Waals surface area contributed by atoms with E-state index in [1.54, 1.807) is 12.1 Å². The summed E-state index contributed by atoms with van der Waals surface area (Å²) in [6.07, 6.45) is -0.222. The van der Waals surface area contributed by atoms with Gasteiger partial charge in [-0.2, -0.15) is 0 Å². The second-order valence-electron chi connectivity index (χ2n) is 4.38. The minimum Gasteiger partial charge on any atom is -0.309 e. The van der Waals surface area contributed by atoms with E-state index in [0.717, 1.165) is 0 Å². The van der Waals surface area contributed by atoms with Gasteiger partial charge in [0.15, 0.2) is 0 Å². The molecule has 1 aliphatic heterocycles. The first-order chi connectivity index (χ1) is 7.49. The minimum absolute atomic E-state index is 0.222. The zero-order chi connectivity index (χ0) is 11.8. The van der Waals surface area contributed by atoms with Gasteiger partial charge in [-0.1, -0.05) is 19.1 Å². The molecule has 1 heterocycles. The van der Waals surface area contributed by atoms with Gasteiger partial charge in [-0.25, -0.2) is 13.2 Å². The van der Waals surface area contributed by atoms with E-state index >= 15 is 0 Å². The third-order valence-electron chi connectivity index (χ3n) is 3.14. The number of benzene rings is 1. The second kappa shape index (κ2) is 4.09. The van der Waals surface area contributed by atoms with Gasteiger partial charge < -0.3 is 5.32 Å². The first-order valence-electron chi connectivity index (χ1n) is 5.36. The molecule has 1 aliphatic rings. The molecule has 0 bridgehead atoms. The topological polar surface area (TPSA) is 12.0 Å². The Balaban J connectivity index is 2.14. The third-order valence-corrected chi connectivity index (χ3v) is 3.14. The van der Waals surface area contributed by atoms with Crippen LogP contribution in [0.1, 0.15) is 24.9 Å². The highest BCUT2D eigenvalue weighted by molar-refractivity contribution is 5.21. The lowest BCUT2D eigenvalue weighted by Crippen LogP contribution is -2.44. The lowest BCUT2D eigenvalue weighted by molar-refractivity contribution is -0.0841. The van der Waals surface area contributed by atoms with E-state index < -0.39 is 11.8 Å². The molecule has 1 aromatic rings. The number of nitrogens with one attached hydrogen (secondary N) is 1. The van der Waals surface area contributed by atoms with Gasteiger partial charge in [0.25, 0.3) is 5.92 Å². The van der Waals surface area contributed by atoms with Gasteiger partial charge in [0.1, 0.15) is 5.82 Å². The van der Waals surface area contributed by atoms with E-state index in [1.165, 1.54) is 19.1 Å². The van der Waals surface area contributed by atoms with Gasteiger partial charge in [-0.15, -0.1) is 0 Å². The van der Waals surface area contributed by atoms with Crippen molar-refractivity contribution >= 4 is 0 Å². The molecule has 1 N–H and O–H groups in total. The van der Waals surface area contributed by atoms with E-state index in [0.29, 0.717) is 5.56 Å². The summed E-state index contributed by atoms with van der Waals surface area (Å²) >= 11 is 0. The first-order valence-corrected chi connectivity index (χ1v) is 5.36. The van der Waals surface area contributed by atoms with Crippen molar-refractivity contribution in [2.24, 2.45) is 5.92 Å². The van der Waals surface area contributed by atoms with Gasteiger partial charge in [-0.05, 0) is 17.7 Å². The predicted octanol–water partition coefficient (Wildman–Crippen LogP) is 3.13.